The topological polar surface area (TPSA) is 76.0 Å². The molecular formula is C35H62F2O5. The number of cyclic esters (lactones) is 1. The van der Waals surface area contributed by atoms with Gasteiger partial charge in [-0.05, 0) is 44.6 Å². The predicted molar refractivity (Wildman–Crippen MR) is 166 cm³/mol. The summed E-state index contributed by atoms with van der Waals surface area (Å²) in [7, 11) is 0. The largest absolute Gasteiger partial charge is 0.449 e. The van der Waals surface area contributed by atoms with Gasteiger partial charge in [-0.25, -0.2) is 13.6 Å². The smallest absolute Gasteiger partial charge is 0.334 e. The lowest BCUT2D eigenvalue weighted by Crippen LogP contribution is -2.31. The quantitative estimate of drug-likeness (QED) is 0.0726. The third kappa shape index (κ3) is 16.1. The third-order valence-electron chi connectivity index (χ3n) is 9.11. The van der Waals surface area contributed by atoms with Crippen LogP contribution in [0, 0.1) is 0 Å². The van der Waals surface area contributed by atoms with Gasteiger partial charge in [0.25, 0.3) is 6.43 Å². The van der Waals surface area contributed by atoms with Gasteiger partial charge < -0.3 is 19.7 Å². The Morgan fingerprint density at radius 2 is 1.10 bits per heavy atom. The maximum Gasteiger partial charge on any atom is 0.334 e. The van der Waals surface area contributed by atoms with Crippen LogP contribution in [0.2, 0.25) is 0 Å². The lowest BCUT2D eigenvalue weighted by molar-refractivity contribution is -0.145. The molecule has 2 aliphatic rings. The molecule has 246 valence electrons. The highest BCUT2D eigenvalue weighted by molar-refractivity contribution is 5.90. The summed E-state index contributed by atoms with van der Waals surface area (Å²) >= 11 is 0. The summed E-state index contributed by atoms with van der Waals surface area (Å²) in [5.41, 5.74) is 0.405. The minimum atomic E-state index is -2.64. The van der Waals surface area contributed by atoms with E-state index in [1.807, 2.05) is 0 Å². The Morgan fingerprint density at radius 3 is 1.50 bits per heavy atom. The number of aliphatic hydroxyl groups excluding tert-OH is 2. The molecule has 7 heteroatoms. The van der Waals surface area contributed by atoms with Crippen molar-refractivity contribution in [3.05, 3.63) is 11.6 Å². The molecule has 42 heavy (non-hydrogen) atoms. The SMILES string of the molecule is CCCCCCCCCCCC[C@@H](O)C1CC[C@H]([C@H](O)CCCCCCCCCCCCC2=C[C@H](C(F)F)OC2=O)O1. The average Bonchev–Trinajstić information content (AvgIpc) is 3.62. The second-order valence-corrected chi connectivity index (χ2v) is 12.9. The summed E-state index contributed by atoms with van der Waals surface area (Å²) in [4.78, 5) is 11.6. The number of alkyl halides is 2. The van der Waals surface area contributed by atoms with Gasteiger partial charge in [0.15, 0.2) is 6.10 Å². The van der Waals surface area contributed by atoms with Crippen LogP contribution in [0.25, 0.3) is 0 Å². The predicted octanol–water partition coefficient (Wildman–Crippen LogP) is 9.36. The van der Waals surface area contributed by atoms with E-state index in [1.54, 1.807) is 0 Å². The highest BCUT2D eigenvalue weighted by Crippen LogP contribution is 2.29. The summed E-state index contributed by atoms with van der Waals surface area (Å²) in [5.74, 6) is -0.582. The monoisotopic (exact) mass is 600 g/mol. The van der Waals surface area contributed by atoms with Crippen LogP contribution in [-0.2, 0) is 14.3 Å². The molecular weight excluding hydrogens is 538 g/mol. The summed E-state index contributed by atoms with van der Waals surface area (Å²) in [6.45, 7) is 2.26. The minimum absolute atomic E-state index is 0.114. The standard InChI is InChI=1S/C35H62F2O5/c1-2-3-4-5-6-7-11-14-17-20-23-29(38)31-25-26-32(41-31)30(39)24-21-18-15-12-9-8-10-13-16-19-22-28-27-33(34(36)37)42-35(28)40/h27,29-34,38-39H,2-26H2,1H3/t29-,30-,31?,32-,33-/m1/s1. The second kappa shape index (κ2) is 23.3. The van der Waals surface area contributed by atoms with Crippen molar-refractivity contribution in [1.29, 1.82) is 0 Å². The molecule has 2 rings (SSSR count). The zero-order valence-corrected chi connectivity index (χ0v) is 26.6. The molecule has 0 aromatic rings. The fraction of sp³-hybridized carbons (Fsp3) is 0.914. The fourth-order valence-electron chi connectivity index (χ4n) is 6.36. The highest BCUT2D eigenvalue weighted by atomic mass is 19.3. The molecule has 2 heterocycles. The number of esters is 1. The Hall–Kier alpha value is -1.05. The molecule has 2 aliphatic heterocycles. The van der Waals surface area contributed by atoms with Gasteiger partial charge in [-0.1, -0.05) is 129 Å². The van der Waals surface area contributed by atoms with Gasteiger partial charge in [-0.15, -0.1) is 0 Å². The van der Waals surface area contributed by atoms with Crippen LogP contribution >= 0.6 is 0 Å². The zero-order chi connectivity index (χ0) is 30.4. The molecule has 5 atom stereocenters. The molecule has 1 fully saturated rings. The number of carbonyl (C=O) groups is 1. The molecule has 0 bridgehead atoms. The van der Waals surface area contributed by atoms with E-state index in [1.165, 1.54) is 89.5 Å². The van der Waals surface area contributed by atoms with Gasteiger partial charge in [0.2, 0.25) is 0 Å². The summed E-state index contributed by atoms with van der Waals surface area (Å²) in [6, 6.07) is 0. The first-order valence-electron chi connectivity index (χ1n) is 17.6. The van der Waals surface area contributed by atoms with Gasteiger partial charge in [-0.2, -0.15) is 0 Å². The second-order valence-electron chi connectivity index (χ2n) is 12.9. The first-order chi connectivity index (χ1) is 20.4. The lowest BCUT2D eigenvalue weighted by Gasteiger charge is -2.22. The number of rotatable bonds is 27. The number of hydrogen-bond acceptors (Lipinski definition) is 5. The summed E-state index contributed by atoms with van der Waals surface area (Å²) < 4.78 is 36.0. The first kappa shape index (κ1) is 37.1. The Labute approximate surface area is 255 Å². The Morgan fingerprint density at radius 1 is 0.690 bits per heavy atom. The number of unbranched alkanes of at least 4 members (excludes halogenated alkanes) is 18. The van der Waals surface area contributed by atoms with Crippen molar-refractivity contribution >= 4 is 5.97 Å². The van der Waals surface area contributed by atoms with Gasteiger partial charge >= 0.3 is 5.97 Å². The van der Waals surface area contributed by atoms with Crippen molar-refractivity contribution in [1.82, 2.24) is 0 Å². The highest BCUT2D eigenvalue weighted by Gasteiger charge is 2.34. The first-order valence-corrected chi connectivity index (χ1v) is 17.6. The van der Waals surface area contributed by atoms with E-state index in [0.717, 1.165) is 70.6 Å². The van der Waals surface area contributed by atoms with E-state index >= 15 is 0 Å². The van der Waals surface area contributed by atoms with E-state index in [9.17, 15) is 23.8 Å². The molecule has 0 radical (unpaired) electrons. The van der Waals surface area contributed by atoms with Crippen LogP contribution in [-0.4, -0.2) is 53.1 Å². The lowest BCUT2D eigenvalue weighted by atomic mass is 10.00. The Bertz CT molecular complexity index is 715. The Balaban J connectivity index is 1.36. The molecule has 0 spiro atoms. The van der Waals surface area contributed by atoms with Crippen molar-refractivity contribution < 1.29 is 33.3 Å². The van der Waals surface area contributed by atoms with Crippen molar-refractivity contribution in [3.63, 3.8) is 0 Å². The maximum atomic E-state index is 12.6. The molecule has 0 amide bonds. The van der Waals surface area contributed by atoms with Crippen LogP contribution < -0.4 is 0 Å². The molecule has 0 aromatic carbocycles. The molecule has 0 aromatic heterocycles. The molecule has 1 unspecified atom stereocenters. The third-order valence-corrected chi connectivity index (χ3v) is 9.11. The van der Waals surface area contributed by atoms with Crippen molar-refractivity contribution in [3.8, 4) is 0 Å². The van der Waals surface area contributed by atoms with Gasteiger partial charge in [-0.3, -0.25) is 0 Å². The van der Waals surface area contributed by atoms with Crippen molar-refractivity contribution in [2.24, 2.45) is 0 Å². The normalized spacial score (nSPS) is 22.1. The van der Waals surface area contributed by atoms with Gasteiger partial charge in [0.1, 0.15) is 0 Å². The number of carbonyl (C=O) groups excluding carboxylic acids is 1. The van der Waals surface area contributed by atoms with Crippen LogP contribution in [0.4, 0.5) is 8.78 Å². The molecule has 0 aliphatic carbocycles. The summed E-state index contributed by atoms with van der Waals surface area (Å²) in [5, 5.41) is 21.2. The number of hydrogen-bond donors (Lipinski definition) is 2. The number of aliphatic hydroxyl groups is 2. The molecule has 2 N–H and O–H groups in total. The van der Waals surface area contributed by atoms with E-state index in [0.29, 0.717) is 12.0 Å². The van der Waals surface area contributed by atoms with Crippen LogP contribution in [0.3, 0.4) is 0 Å². The van der Waals surface area contributed by atoms with E-state index < -0.39 is 30.7 Å². The van der Waals surface area contributed by atoms with Crippen molar-refractivity contribution in [2.75, 3.05) is 0 Å². The molecule has 5 nitrogen and oxygen atoms in total. The zero-order valence-electron chi connectivity index (χ0n) is 26.6. The summed E-state index contributed by atoms with van der Waals surface area (Å²) in [6.07, 6.45) is 24.0. The number of ether oxygens (including phenoxy) is 2. The number of halogens is 2. The van der Waals surface area contributed by atoms with E-state index in [2.05, 4.69) is 11.7 Å². The van der Waals surface area contributed by atoms with Crippen molar-refractivity contribution in [2.45, 2.75) is 204 Å². The fourth-order valence-corrected chi connectivity index (χ4v) is 6.36. The van der Waals surface area contributed by atoms with Crippen LogP contribution in [0.5, 0.6) is 0 Å². The Kier molecular flexibility index (Phi) is 20.6. The minimum Gasteiger partial charge on any atom is -0.449 e. The van der Waals surface area contributed by atoms with Gasteiger partial charge in [0, 0.05) is 5.57 Å². The maximum absolute atomic E-state index is 12.6. The molecule has 1 saturated heterocycles. The molecule has 0 saturated carbocycles. The van der Waals surface area contributed by atoms with Crippen LogP contribution in [0.15, 0.2) is 11.6 Å². The average molecular weight is 601 g/mol. The van der Waals surface area contributed by atoms with E-state index in [-0.39, 0.29) is 12.2 Å². The van der Waals surface area contributed by atoms with Crippen LogP contribution in [0.1, 0.15) is 167 Å². The van der Waals surface area contributed by atoms with E-state index in [4.69, 9.17) is 4.74 Å². The van der Waals surface area contributed by atoms with Gasteiger partial charge in [0.05, 0.1) is 24.4 Å².